The Morgan fingerprint density at radius 1 is 1.15 bits per heavy atom. The fourth-order valence-corrected chi connectivity index (χ4v) is 4.53. The molecule has 2 aromatic heterocycles. The molecule has 1 aromatic carbocycles. The molecule has 0 atom stereocenters. The number of anilines is 4. The second kappa shape index (κ2) is 11.5. The van der Waals surface area contributed by atoms with Crippen LogP contribution in [-0.4, -0.2) is 55.7 Å². The molecule has 10 nitrogen and oxygen atoms in total. The maximum absolute atomic E-state index is 13.7. The van der Waals surface area contributed by atoms with Gasteiger partial charge < -0.3 is 15.4 Å². The summed E-state index contributed by atoms with van der Waals surface area (Å²) in [6.07, 6.45) is -0.456. The zero-order chi connectivity index (χ0) is 28.2. The third kappa shape index (κ3) is 7.00. The highest BCUT2D eigenvalue weighted by Gasteiger charge is 2.35. The van der Waals surface area contributed by atoms with Crippen molar-refractivity contribution in [2.45, 2.75) is 25.6 Å². The number of hydrogen-bond donors (Lipinski definition) is 2. The number of ketones is 1. The van der Waals surface area contributed by atoms with Crippen LogP contribution in [0.4, 0.5) is 36.4 Å². The fourth-order valence-electron chi connectivity index (χ4n) is 4.05. The Labute approximate surface area is 223 Å². The molecule has 14 heteroatoms. The molecule has 0 aliphatic carbocycles. The van der Waals surface area contributed by atoms with Gasteiger partial charge in [0.2, 0.25) is 16.0 Å². The maximum atomic E-state index is 13.7. The van der Waals surface area contributed by atoms with E-state index in [1.165, 1.54) is 13.2 Å². The number of hydrogen-bond acceptors (Lipinski definition) is 9. The first-order valence-electron chi connectivity index (χ1n) is 12.0. The smallest absolute Gasteiger partial charge is 0.381 e. The van der Waals surface area contributed by atoms with Crippen LogP contribution in [0, 0.1) is 5.92 Å². The van der Waals surface area contributed by atoms with Crippen LogP contribution in [0.15, 0.2) is 48.8 Å². The number of benzene rings is 1. The van der Waals surface area contributed by atoms with Gasteiger partial charge in [-0.05, 0) is 31.0 Å². The summed E-state index contributed by atoms with van der Waals surface area (Å²) >= 11 is 0. The molecule has 3 heterocycles. The number of halogens is 3. The summed E-state index contributed by atoms with van der Waals surface area (Å²) in [6, 6.07) is 9.70. The van der Waals surface area contributed by atoms with Gasteiger partial charge in [-0.15, -0.1) is 0 Å². The highest BCUT2D eigenvalue weighted by molar-refractivity contribution is 7.92. The summed E-state index contributed by atoms with van der Waals surface area (Å²) in [5.74, 6) is -0.734. The van der Waals surface area contributed by atoms with Crippen molar-refractivity contribution in [2.24, 2.45) is 5.92 Å². The Bertz CT molecular complexity index is 1450. The van der Waals surface area contributed by atoms with Crippen molar-refractivity contribution in [1.82, 2.24) is 15.0 Å². The number of ether oxygens (including phenoxy) is 1. The molecule has 3 aromatic rings. The monoisotopic (exact) mass is 564 g/mol. The summed E-state index contributed by atoms with van der Waals surface area (Å²) in [5, 5.41) is 5.51. The average Bonchev–Trinajstić information content (AvgIpc) is 2.91. The molecule has 1 saturated heterocycles. The van der Waals surface area contributed by atoms with Gasteiger partial charge in [-0.3, -0.25) is 9.10 Å². The van der Waals surface area contributed by atoms with Crippen LogP contribution in [0.25, 0.3) is 0 Å². The molecule has 0 spiro atoms. The minimum Gasteiger partial charge on any atom is -0.381 e. The number of aromatic nitrogens is 3. The van der Waals surface area contributed by atoms with Crippen LogP contribution < -0.4 is 14.9 Å². The largest absolute Gasteiger partial charge is 0.421 e. The molecular weight excluding hydrogens is 537 g/mol. The highest BCUT2D eigenvalue weighted by Crippen LogP contribution is 2.35. The van der Waals surface area contributed by atoms with E-state index in [1.807, 2.05) is 0 Å². The summed E-state index contributed by atoms with van der Waals surface area (Å²) < 4.78 is 71.4. The molecular formula is C25H27F3N6O4S. The summed E-state index contributed by atoms with van der Waals surface area (Å²) in [4.78, 5) is 24.8. The standard InChI is InChI=1S/C25H27F3N6O4S/c1-34(39(2,36)37)23-18(6-4-10-29-23)14-30-22-20(25(26,27)28)15-31-24(33-22)32-19-7-3-5-17(13-19)21(35)16-8-11-38-12-9-16/h3-7,10,13,15-16H,8-9,11-12,14H2,1-2H3,(H2,30,31,32,33). The number of nitrogens with one attached hydrogen (secondary N) is 2. The van der Waals surface area contributed by atoms with Gasteiger partial charge in [-0.1, -0.05) is 18.2 Å². The lowest BCUT2D eigenvalue weighted by Gasteiger charge is -2.21. The van der Waals surface area contributed by atoms with E-state index in [0.29, 0.717) is 49.1 Å². The van der Waals surface area contributed by atoms with Gasteiger partial charge in [0.05, 0.1) is 6.26 Å². The molecule has 0 radical (unpaired) electrons. The SMILES string of the molecule is CN(c1ncccc1CNc1nc(Nc2cccc(C(=O)C3CCOCC3)c2)ncc1C(F)(F)F)S(C)(=O)=O. The van der Waals surface area contributed by atoms with Crippen molar-refractivity contribution < 1.29 is 31.1 Å². The summed E-state index contributed by atoms with van der Waals surface area (Å²) in [6.45, 7) is 0.848. The van der Waals surface area contributed by atoms with E-state index in [0.717, 1.165) is 10.6 Å². The molecule has 2 N–H and O–H groups in total. The lowest BCUT2D eigenvalue weighted by atomic mass is 9.91. The quantitative estimate of drug-likeness (QED) is 0.367. The Morgan fingerprint density at radius 3 is 2.59 bits per heavy atom. The molecule has 208 valence electrons. The average molecular weight is 565 g/mol. The van der Waals surface area contributed by atoms with Gasteiger partial charge in [-0.2, -0.15) is 18.2 Å². The highest BCUT2D eigenvalue weighted by atomic mass is 32.2. The van der Waals surface area contributed by atoms with Crippen LogP contribution in [-0.2, 0) is 27.5 Å². The third-order valence-electron chi connectivity index (χ3n) is 6.20. The van der Waals surface area contributed by atoms with E-state index in [4.69, 9.17) is 4.74 Å². The molecule has 1 fully saturated rings. The Balaban J connectivity index is 1.57. The van der Waals surface area contributed by atoms with Crippen molar-refractivity contribution in [3.63, 3.8) is 0 Å². The van der Waals surface area contributed by atoms with Gasteiger partial charge >= 0.3 is 6.18 Å². The normalized spacial score (nSPS) is 14.6. The number of alkyl halides is 3. The molecule has 0 unspecified atom stereocenters. The summed E-state index contributed by atoms with van der Waals surface area (Å²) in [5.41, 5.74) is 0.142. The lowest BCUT2D eigenvalue weighted by Crippen LogP contribution is -2.27. The van der Waals surface area contributed by atoms with Crippen molar-refractivity contribution >= 4 is 39.1 Å². The van der Waals surface area contributed by atoms with E-state index in [2.05, 4.69) is 25.6 Å². The Kier molecular flexibility index (Phi) is 8.35. The summed E-state index contributed by atoms with van der Waals surface area (Å²) in [7, 11) is -2.35. The number of sulfonamides is 1. The third-order valence-corrected chi connectivity index (χ3v) is 7.37. The van der Waals surface area contributed by atoms with Crippen LogP contribution in [0.3, 0.4) is 0 Å². The van der Waals surface area contributed by atoms with Crippen LogP contribution in [0.2, 0.25) is 0 Å². The van der Waals surface area contributed by atoms with E-state index >= 15 is 0 Å². The van der Waals surface area contributed by atoms with E-state index in [9.17, 15) is 26.4 Å². The van der Waals surface area contributed by atoms with Crippen LogP contribution >= 0.6 is 0 Å². The molecule has 1 aliphatic rings. The number of pyridine rings is 1. The minimum absolute atomic E-state index is 0.0241. The lowest BCUT2D eigenvalue weighted by molar-refractivity contribution is -0.137. The van der Waals surface area contributed by atoms with Gasteiger partial charge in [0, 0.05) is 61.9 Å². The van der Waals surface area contributed by atoms with E-state index in [-0.39, 0.29) is 30.0 Å². The van der Waals surface area contributed by atoms with Gasteiger partial charge in [0.25, 0.3) is 0 Å². The second-order valence-electron chi connectivity index (χ2n) is 8.98. The maximum Gasteiger partial charge on any atom is 0.421 e. The van der Waals surface area contributed by atoms with Crippen LogP contribution in [0.5, 0.6) is 0 Å². The predicted molar refractivity (Wildman–Crippen MR) is 139 cm³/mol. The van der Waals surface area contributed by atoms with Crippen molar-refractivity contribution in [3.05, 3.63) is 65.5 Å². The number of nitrogens with zero attached hydrogens (tertiary/aromatic N) is 4. The number of rotatable bonds is 9. The van der Waals surface area contributed by atoms with Crippen LogP contribution in [0.1, 0.15) is 34.3 Å². The molecule has 0 amide bonds. The van der Waals surface area contributed by atoms with Crippen molar-refractivity contribution in [3.8, 4) is 0 Å². The molecule has 0 bridgehead atoms. The first kappa shape index (κ1) is 28.2. The predicted octanol–water partition coefficient (Wildman–Crippen LogP) is 4.25. The molecule has 0 saturated carbocycles. The Morgan fingerprint density at radius 2 is 1.90 bits per heavy atom. The fraction of sp³-hybridized carbons (Fsp3) is 0.360. The number of carbonyl (C=O) groups is 1. The number of carbonyl (C=O) groups excluding carboxylic acids is 1. The van der Waals surface area contributed by atoms with Gasteiger partial charge in [0.1, 0.15) is 17.2 Å². The zero-order valence-corrected chi connectivity index (χ0v) is 22.0. The van der Waals surface area contributed by atoms with Crippen molar-refractivity contribution in [1.29, 1.82) is 0 Å². The Hall–Kier alpha value is -3.78. The molecule has 4 rings (SSSR count). The number of Topliss-reactive ketones (excluding diaryl/α,β-unsaturated/α-hetero) is 1. The van der Waals surface area contributed by atoms with E-state index < -0.39 is 27.6 Å². The van der Waals surface area contributed by atoms with Gasteiger partial charge in [-0.25, -0.2) is 18.4 Å². The first-order valence-corrected chi connectivity index (χ1v) is 13.8. The van der Waals surface area contributed by atoms with E-state index in [1.54, 1.807) is 36.4 Å². The molecule has 39 heavy (non-hydrogen) atoms. The zero-order valence-electron chi connectivity index (χ0n) is 21.2. The van der Waals surface area contributed by atoms with Gasteiger partial charge in [0.15, 0.2) is 5.78 Å². The molecule has 1 aliphatic heterocycles. The first-order chi connectivity index (χ1) is 18.4. The topological polar surface area (TPSA) is 126 Å². The second-order valence-corrected chi connectivity index (χ2v) is 11.0. The van der Waals surface area contributed by atoms with Crippen molar-refractivity contribution in [2.75, 3.05) is 41.5 Å². The minimum atomic E-state index is -4.75.